The standard InChI is InChI=1S/C22H19NO5S/c1-2-27-22(26)18-12-13-29-21(18)23-19(24)14-28-17-10-8-16(9-11-17)20(25)15-6-4-3-5-7-15/h3-13H,2,14H2,1H3,(H,23,24). The molecule has 0 atom stereocenters. The van der Waals surface area contributed by atoms with Crippen molar-refractivity contribution in [3.8, 4) is 5.75 Å². The minimum Gasteiger partial charge on any atom is -0.484 e. The van der Waals surface area contributed by atoms with Crippen molar-refractivity contribution in [3.05, 3.63) is 82.7 Å². The van der Waals surface area contributed by atoms with Gasteiger partial charge in [0.25, 0.3) is 5.91 Å². The summed E-state index contributed by atoms with van der Waals surface area (Å²) in [4.78, 5) is 36.4. The molecule has 0 aliphatic carbocycles. The van der Waals surface area contributed by atoms with E-state index in [1.165, 1.54) is 11.3 Å². The highest BCUT2D eigenvalue weighted by Crippen LogP contribution is 2.24. The summed E-state index contributed by atoms with van der Waals surface area (Å²) < 4.78 is 10.4. The number of ether oxygens (including phenoxy) is 2. The van der Waals surface area contributed by atoms with E-state index in [4.69, 9.17) is 9.47 Å². The summed E-state index contributed by atoms with van der Waals surface area (Å²) >= 11 is 1.23. The highest BCUT2D eigenvalue weighted by molar-refractivity contribution is 7.14. The van der Waals surface area contributed by atoms with Crippen LogP contribution < -0.4 is 10.1 Å². The zero-order valence-electron chi connectivity index (χ0n) is 15.7. The van der Waals surface area contributed by atoms with Gasteiger partial charge in [0.1, 0.15) is 10.8 Å². The normalized spacial score (nSPS) is 10.2. The average molecular weight is 409 g/mol. The molecule has 0 fully saturated rings. The second-order valence-corrected chi connectivity index (χ2v) is 6.86. The molecule has 2 aromatic carbocycles. The van der Waals surface area contributed by atoms with E-state index in [1.807, 2.05) is 18.2 Å². The van der Waals surface area contributed by atoms with Gasteiger partial charge in [0.2, 0.25) is 0 Å². The van der Waals surface area contributed by atoms with E-state index in [2.05, 4.69) is 5.32 Å². The van der Waals surface area contributed by atoms with Crippen LogP contribution in [0.15, 0.2) is 66.0 Å². The van der Waals surface area contributed by atoms with Gasteiger partial charge >= 0.3 is 5.97 Å². The first-order valence-electron chi connectivity index (χ1n) is 8.95. The van der Waals surface area contributed by atoms with Gasteiger partial charge in [0.15, 0.2) is 12.4 Å². The first-order valence-corrected chi connectivity index (χ1v) is 9.83. The summed E-state index contributed by atoms with van der Waals surface area (Å²) in [5, 5.41) is 4.77. The Morgan fingerprint density at radius 3 is 2.31 bits per heavy atom. The molecule has 0 saturated heterocycles. The van der Waals surface area contributed by atoms with Gasteiger partial charge < -0.3 is 14.8 Å². The van der Waals surface area contributed by atoms with Crippen LogP contribution in [0, 0.1) is 0 Å². The topological polar surface area (TPSA) is 81.7 Å². The average Bonchev–Trinajstić information content (AvgIpc) is 3.21. The molecule has 0 unspecified atom stereocenters. The molecular weight excluding hydrogens is 390 g/mol. The number of esters is 1. The number of carbonyl (C=O) groups is 3. The number of ketones is 1. The Morgan fingerprint density at radius 1 is 0.931 bits per heavy atom. The fourth-order valence-electron chi connectivity index (χ4n) is 2.55. The minimum absolute atomic E-state index is 0.0842. The van der Waals surface area contributed by atoms with Crippen molar-refractivity contribution in [3.63, 3.8) is 0 Å². The maximum absolute atomic E-state index is 12.4. The Hall–Kier alpha value is -3.45. The predicted molar refractivity (Wildman–Crippen MR) is 111 cm³/mol. The van der Waals surface area contributed by atoms with Crippen molar-refractivity contribution >= 4 is 34.0 Å². The Morgan fingerprint density at radius 2 is 1.62 bits per heavy atom. The highest BCUT2D eigenvalue weighted by atomic mass is 32.1. The van der Waals surface area contributed by atoms with Crippen LogP contribution in [-0.2, 0) is 9.53 Å². The summed E-state index contributed by atoms with van der Waals surface area (Å²) in [5.74, 6) is -0.508. The van der Waals surface area contributed by atoms with Gasteiger partial charge in [-0.25, -0.2) is 4.79 Å². The molecule has 0 aliphatic rings. The molecule has 0 aliphatic heterocycles. The third kappa shape index (κ3) is 5.30. The first kappa shape index (κ1) is 20.3. The molecule has 29 heavy (non-hydrogen) atoms. The zero-order valence-corrected chi connectivity index (χ0v) is 16.5. The van der Waals surface area contributed by atoms with E-state index in [-0.39, 0.29) is 19.0 Å². The van der Waals surface area contributed by atoms with E-state index in [9.17, 15) is 14.4 Å². The van der Waals surface area contributed by atoms with Crippen molar-refractivity contribution < 1.29 is 23.9 Å². The maximum Gasteiger partial charge on any atom is 0.341 e. The number of carbonyl (C=O) groups excluding carboxylic acids is 3. The fourth-order valence-corrected chi connectivity index (χ4v) is 3.34. The van der Waals surface area contributed by atoms with Gasteiger partial charge in [-0.1, -0.05) is 30.3 Å². The van der Waals surface area contributed by atoms with Crippen LogP contribution in [0.5, 0.6) is 5.75 Å². The smallest absolute Gasteiger partial charge is 0.341 e. The fraction of sp³-hybridized carbons (Fsp3) is 0.136. The Labute approximate surface area is 172 Å². The first-order chi connectivity index (χ1) is 14.1. The van der Waals surface area contributed by atoms with Crippen LogP contribution in [0.4, 0.5) is 5.00 Å². The molecule has 0 saturated carbocycles. The molecule has 7 heteroatoms. The van der Waals surface area contributed by atoms with E-state index in [0.29, 0.717) is 27.4 Å². The van der Waals surface area contributed by atoms with Gasteiger partial charge in [-0.05, 0) is 42.6 Å². The summed E-state index contributed by atoms with van der Waals surface area (Å²) in [6.45, 7) is 1.75. The molecule has 0 bridgehead atoms. The molecule has 1 aromatic heterocycles. The van der Waals surface area contributed by atoms with Crippen LogP contribution >= 0.6 is 11.3 Å². The summed E-state index contributed by atoms with van der Waals surface area (Å²) in [6.07, 6.45) is 0. The van der Waals surface area contributed by atoms with Crippen LogP contribution in [0.25, 0.3) is 0 Å². The van der Waals surface area contributed by atoms with Crippen LogP contribution in [0.2, 0.25) is 0 Å². The minimum atomic E-state index is -0.483. The molecule has 3 rings (SSSR count). The molecule has 0 radical (unpaired) electrons. The second kappa shape index (κ2) is 9.66. The third-order valence-corrected chi connectivity index (χ3v) is 4.77. The highest BCUT2D eigenvalue weighted by Gasteiger charge is 2.16. The number of amides is 1. The molecule has 1 amide bonds. The van der Waals surface area contributed by atoms with E-state index in [0.717, 1.165) is 0 Å². The van der Waals surface area contributed by atoms with Crippen LogP contribution in [0.1, 0.15) is 33.2 Å². The lowest BCUT2D eigenvalue weighted by Crippen LogP contribution is -2.21. The number of hydrogen-bond donors (Lipinski definition) is 1. The summed E-state index contributed by atoms with van der Waals surface area (Å²) in [5.41, 5.74) is 1.45. The number of nitrogens with one attached hydrogen (secondary N) is 1. The lowest BCUT2D eigenvalue weighted by Gasteiger charge is -2.08. The van der Waals surface area contributed by atoms with E-state index in [1.54, 1.807) is 54.8 Å². The van der Waals surface area contributed by atoms with Crippen molar-refractivity contribution in [2.75, 3.05) is 18.5 Å². The lowest BCUT2D eigenvalue weighted by molar-refractivity contribution is -0.118. The molecule has 6 nitrogen and oxygen atoms in total. The van der Waals surface area contributed by atoms with Crippen molar-refractivity contribution in [2.24, 2.45) is 0 Å². The predicted octanol–water partition coefficient (Wildman–Crippen LogP) is 4.17. The maximum atomic E-state index is 12.4. The SMILES string of the molecule is CCOC(=O)c1ccsc1NC(=O)COc1ccc(C(=O)c2ccccc2)cc1. The Balaban J connectivity index is 1.55. The number of hydrogen-bond acceptors (Lipinski definition) is 6. The molecule has 1 heterocycles. The molecule has 3 aromatic rings. The van der Waals surface area contributed by atoms with Crippen LogP contribution in [0.3, 0.4) is 0 Å². The largest absolute Gasteiger partial charge is 0.484 e. The number of benzene rings is 2. The molecule has 0 spiro atoms. The monoisotopic (exact) mass is 409 g/mol. The summed E-state index contributed by atoms with van der Waals surface area (Å²) in [6, 6.07) is 17.2. The van der Waals surface area contributed by atoms with Gasteiger partial charge in [-0.2, -0.15) is 0 Å². The third-order valence-electron chi connectivity index (χ3n) is 3.94. The second-order valence-electron chi connectivity index (χ2n) is 5.94. The molecule has 148 valence electrons. The number of thiophene rings is 1. The molecular formula is C22H19NO5S. The van der Waals surface area contributed by atoms with Gasteiger partial charge in [0, 0.05) is 11.1 Å². The van der Waals surface area contributed by atoms with Crippen molar-refractivity contribution in [1.29, 1.82) is 0 Å². The van der Waals surface area contributed by atoms with E-state index < -0.39 is 11.9 Å². The quantitative estimate of drug-likeness (QED) is 0.446. The van der Waals surface area contributed by atoms with Crippen LogP contribution in [-0.4, -0.2) is 30.9 Å². The van der Waals surface area contributed by atoms with E-state index >= 15 is 0 Å². The van der Waals surface area contributed by atoms with Crippen molar-refractivity contribution in [2.45, 2.75) is 6.92 Å². The lowest BCUT2D eigenvalue weighted by atomic mass is 10.0. The number of anilines is 1. The van der Waals surface area contributed by atoms with Gasteiger partial charge in [-0.15, -0.1) is 11.3 Å². The Kier molecular flexibility index (Phi) is 6.76. The summed E-state index contributed by atoms with van der Waals surface area (Å²) in [7, 11) is 0. The molecule has 1 N–H and O–H groups in total. The number of rotatable bonds is 8. The Bertz CT molecular complexity index is 996. The van der Waals surface area contributed by atoms with Crippen molar-refractivity contribution in [1.82, 2.24) is 0 Å². The van der Waals surface area contributed by atoms with Gasteiger partial charge in [-0.3, -0.25) is 9.59 Å². The zero-order chi connectivity index (χ0) is 20.6. The van der Waals surface area contributed by atoms with Gasteiger partial charge in [0.05, 0.1) is 12.2 Å².